The van der Waals surface area contributed by atoms with E-state index in [1.54, 1.807) is 18.9 Å². The zero-order valence-corrected chi connectivity index (χ0v) is 9.57. The SMILES string of the molecule is COc1ccc(SCCCO)cc1Cl. The molecule has 0 amide bonds. The van der Waals surface area contributed by atoms with E-state index in [0.29, 0.717) is 10.8 Å². The lowest BCUT2D eigenvalue weighted by Gasteiger charge is -2.05. The molecule has 78 valence electrons. The summed E-state index contributed by atoms with van der Waals surface area (Å²) in [6.45, 7) is 0.233. The lowest BCUT2D eigenvalue weighted by molar-refractivity contribution is 0.296. The molecule has 0 unspecified atom stereocenters. The Morgan fingerprint density at radius 2 is 2.29 bits per heavy atom. The molecule has 1 N–H and O–H groups in total. The Morgan fingerprint density at radius 1 is 1.50 bits per heavy atom. The van der Waals surface area contributed by atoms with E-state index >= 15 is 0 Å². The van der Waals surface area contributed by atoms with Gasteiger partial charge in [-0.25, -0.2) is 0 Å². The lowest BCUT2D eigenvalue weighted by atomic mass is 10.3. The van der Waals surface area contributed by atoms with Crippen molar-refractivity contribution in [2.45, 2.75) is 11.3 Å². The van der Waals surface area contributed by atoms with E-state index in [4.69, 9.17) is 21.4 Å². The molecule has 1 aromatic rings. The number of aliphatic hydroxyl groups is 1. The second kappa shape index (κ2) is 6.17. The average Bonchev–Trinajstić information content (AvgIpc) is 2.18. The second-order valence-corrected chi connectivity index (χ2v) is 4.30. The van der Waals surface area contributed by atoms with Crippen LogP contribution in [-0.2, 0) is 0 Å². The highest BCUT2D eigenvalue weighted by molar-refractivity contribution is 7.99. The number of aliphatic hydroxyl groups excluding tert-OH is 1. The molecule has 0 aliphatic rings. The van der Waals surface area contributed by atoms with Gasteiger partial charge in [0.1, 0.15) is 5.75 Å². The number of halogens is 1. The Bertz CT molecular complexity index is 291. The second-order valence-electron chi connectivity index (χ2n) is 2.72. The standard InChI is InChI=1S/C10H13ClO2S/c1-13-10-4-3-8(7-9(10)11)14-6-2-5-12/h3-4,7,12H,2,5-6H2,1H3. The molecule has 0 radical (unpaired) electrons. The molecule has 0 aliphatic heterocycles. The van der Waals surface area contributed by atoms with Crippen molar-refractivity contribution in [1.82, 2.24) is 0 Å². The van der Waals surface area contributed by atoms with E-state index < -0.39 is 0 Å². The molecular formula is C10H13ClO2S. The van der Waals surface area contributed by atoms with Crippen molar-refractivity contribution in [2.24, 2.45) is 0 Å². The minimum Gasteiger partial charge on any atom is -0.495 e. The van der Waals surface area contributed by atoms with E-state index in [9.17, 15) is 0 Å². The first kappa shape index (κ1) is 11.7. The van der Waals surface area contributed by atoms with Crippen LogP contribution in [0.5, 0.6) is 5.75 Å². The fraction of sp³-hybridized carbons (Fsp3) is 0.400. The number of hydrogen-bond donors (Lipinski definition) is 1. The van der Waals surface area contributed by atoms with Crippen molar-refractivity contribution in [3.63, 3.8) is 0 Å². The maximum atomic E-state index is 8.62. The predicted octanol–water partition coefficient (Wildman–Crippen LogP) is 2.82. The highest BCUT2D eigenvalue weighted by atomic mass is 35.5. The van der Waals surface area contributed by atoms with E-state index in [0.717, 1.165) is 17.1 Å². The third-order valence-electron chi connectivity index (χ3n) is 1.69. The van der Waals surface area contributed by atoms with Crippen molar-refractivity contribution in [3.8, 4) is 5.75 Å². The summed E-state index contributed by atoms with van der Waals surface area (Å²) in [5.41, 5.74) is 0. The monoisotopic (exact) mass is 232 g/mol. The summed E-state index contributed by atoms with van der Waals surface area (Å²) in [6, 6.07) is 5.69. The molecule has 1 aromatic carbocycles. The maximum absolute atomic E-state index is 8.62. The van der Waals surface area contributed by atoms with Gasteiger partial charge in [-0.2, -0.15) is 0 Å². The van der Waals surface area contributed by atoms with Crippen LogP contribution in [0.25, 0.3) is 0 Å². The molecule has 0 fully saturated rings. The molecule has 2 nitrogen and oxygen atoms in total. The van der Waals surface area contributed by atoms with Gasteiger partial charge in [0.2, 0.25) is 0 Å². The summed E-state index contributed by atoms with van der Waals surface area (Å²) in [5.74, 6) is 1.59. The molecule has 1 rings (SSSR count). The van der Waals surface area contributed by atoms with Gasteiger partial charge in [0.15, 0.2) is 0 Å². The number of methoxy groups -OCH3 is 1. The molecule has 0 aliphatic carbocycles. The zero-order chi connectivity index (χ0) is 10.4. The first-order chi connectivity index (χ1) is 6.77. The normalized spacial score (nSPS) is 10.2. The number of benzene rings is 1. The molecule has 0 saturated carbocycles. The molecule has 4 heteroatoms. The van der Waals surface area contributed by atoms with Crippen LogP contribution in [0, 0.1) is 0 Å². The Morgan fingerprint density at radius 3 is 2.86 bits per heavy atom. The minimum absolute atomic E-state index is 0.233. The van der Waals surface area contributed by atoms with Crippen molar-refractivity contribution in [3.05, 3.63) is 23.2 Å². The van der Waals surface area contributed by atoms with E-state index in [-0.39, 0.29) is 6.61 Å². The lowest BCUT2D eigenvalue weighted by Crippen LogP contribution is -1.87. The summed E-state index contributed by atoms with van der Waals surface area (Å²) in [4.78, 5) is 1.10. The van der Waals surface area contributed by atoms with Gasteiger partial charge in [-0.1, -0.05) is 11.6 Å². The fourth-order valence-electron chi connectivity index (χ4n) is 0.991. The zero-order valence-electron chi connectivity index (χ0n) is 8.00. The first-order valence-corrected chi connectivity index (χ1v) is 5.71. The Labute approximate surface area is 93.2 Å². The molecular weight excluding hydrogens is 220 g/mol. The summed E-state index contributed by atoms with van der Waals surface area (Å²) in [5, 5.41) is 9.25. The molecule has 0 aromatic heterocycles. The van der Waals surface area contributed by atoms with Crippen molar-refractivity contribution >= 4 is 23.4 Å². The first-order valence-electron chi connectivity index (χ1n) is 4.35. The van der Waals surface area contributed by atoms with Crippen LogP contribution < -0.4 is 4.74 Å². The number of hydrogen-bond acceptors (Lipinski definition) is 3. The molecule has 0 heterocycles. The number of thioether (sulfide) groups is 1. The van der Waals surface area contributed by atoms with Crippen LogP contribution in [0.3, 0.4) is 0 Å². The van der Waals surface area contributed by atoms with Gasteiger partial charge >= 0.3 is 0 Å². The van der Waals surface area contributed by atoms with E-state index in [1.807, 2.05) is 18.2 Å². The van der Waals surface area contributed by atoms with Gasteiger partial charge < -0.3 is 9.84 Å². The summed E-state index contributed by atoms with van der Waals surface area (Å²) >= 11 is 7.63. The Hall–Kier alpha value is -0.380. The highest BCUT2D eigenvalue weighted by Crippen LogP contribution is 2.29. The molecule has 0 saturated heterocycles. The summed E-state index contributed by atoms with van der Waals surface area (Å²) in [7, 11) is 1.60. The average molecular weight is 233 g/mol. The third-order valence-corrected chi connectivity index (χ3v) is 3.07. The molecule has 0 atom stereocenters. The molecule has 0 spiro atoms. The van der Waals surface area contributed by atoms with Gasteiger partial charge in [0.25, 0.3) is 0 Å². The number of rotatable bonds is 5. The predicted molar refractivity (Wildman–Crippen MR) is 60.4 cm³/mol. The number of ether oxygens (including phenoxy) is 1. The molecule has 0 bridgehead atoms. The summed E-state index contributed by atoms with van der Waals surface area (Å²) in [6.07, 6.45) is 0.800. The topological polar surface area (TPSA) is 29.5 Å². The van der Waals surface area contributed by atoms with Gasteiger partial charge in [-0.15, -0.1) is 11.8 Å². The van der Waals surface area contributed by atoms with E-state index in [1.165, 1.54) is 0 Å². The van der Waals surface area contributed by atoms with Crippen LogP contribution >= 0.6 is 23.4 Å². The van der Waals surface area contributed by atoms with Gasteiger partial charge in [-0.05, 0) is 24.6 Å². The van der Waals surface area contributed by atoms with Gasteiger partial charge in [-0.3, -0.25) is 0 Å². The quantitative estimate of drug-likeness (QED) is 0.625. The van der Waals surface area contributed by atoms with Crippen molar-refractivity contribution in [1.29, 1.82) is 0 Å². The van der Waals surface area contributed by atoms with Crippen LogP contribution in [0.1, 0.15) is 6.42 Å². The van der Waals surface area contributed by atoms with Gasteiger partial charge in [0, 0.05) is 17.3 Å². The largest absolute Gasteiger partial charge is 0.495 e. The summed E-state index contributed by atoms with van der Waals surface area (Å²) < 4.78 is 5.04. The Kier molecular flexibility index (Phi) is 5.15. The van der Waals surface area contributed by atoms with Crippen molar-refractivity contribution in [2.75, 3.05) is 19.5 Å². The highest BCUT2D eigenvalue weighted by Gasteiger charge is 2.01. The van der Waals surface area contributed by atoms with Crippen LogP contribution in [-0.4, -0.2) is 24.6 Å². The van der Waals surface area contributed by atoms with E-state index in [2.05, 4.69) is 0 Å². The van der Waals surface area contributed by atoms with Crippen LogP contribution in [0.15, 0.2) is 23.1 Å². The van der Waals surface area contributed by atoms with Crippen LogP contribution in [0.2, 0.25) is 5.02 Å². The van der Waals surface area contributed by atoms with Gasteiger partial charge in [0.05, 0.1) is 12.1 Å². The minimum atomic E-state index is 0.233. The van der Waals surface area contributed by atoms with Crippen LogP contribution in [0.4, 0.5) is 0 Å². The maximum Gasteiger partial charge on any atom is 0.137 e. The molecule has 14 heavy (non-hydrogen) atoms. The van der Waals surface area contributed by atoms with Crippen molar-refractivity contribution < 1.29 is 9.84 Å². The smallest absolute Gasteiger partial charge is 0.137 e. The fourth-order valence-corrected chi connectivity index (χ4v) is 2.19. The Balaban J connectivity index is 2.57. The third kappa shape index (κ3) is 3.40.